The molecule has 0 aliphatic heterocycles. The van der Waals surface area contributed by atoms with E-state index in [0.29, 0.717) is 5.69 Å². The molecule has 0 saturated carbocycles. The molecule has 7 heteroatoms. The third kappa shape index (κ3) is 5.85. The first-order chi connectivity index (χ1) is 12.9. The van der Waals surface area contributed by atoms with E-state index in [2.05, 4.69) is 5.32 Å². The van der Waals surface area contributed by atoms with Crippen LogP contribution < -0.4 is 16.0 Å². The molecule has 2 rings (SSSR count). The maximum atomic E-state index is 12.5. The van der Waals surface area contributed by atoms with Gasteiger partial charge in [-0.25, -0.2) is 9.59 Å². The van der Waals surface area contributed by atoms with Crippen LogP contribution in [0.4, 0.5) is 10.5 Å². The van der Waals surface area contributed by atoms with E-state index in [1.54, 1.807) is 19.2 Å². The third-order valence-corrected chi connectivity index (χ3v) is 4.00. The number of esters is 1. The molecule has 0 saturated heterocycles. The van der Waals surface area contributed by atoms with Gasteiger partial charge in [0.25, 0.3) is 5.91 Å². The Morgan fingerprint density at radius 2 is 1.59 bits per heavy atom. The van der Waals surface area contributed by atoms with Gasteiger partial charge >= 0.3 is 12.0 Å². The summed E-state index contributed by atoms with van der Waals surface area (Å²) in [5.41, 5.74) is 6.68. The smallest absolute Gasteiger partial charge is 0.329 e. The van der Waals surface area contributed by atoms with E-state index in [4.69, 9.17) is 10.5 Å². The second-order valence-electron chi connectivity index (χ2n) is 6.06. The number of para-hydroxylation sites is 1. The van der Waals surface area contributed by atoms with Gasteiger partial charge in [-0.2, -0.15) is 0 Å². The molecule has 0 fully saturated rings. The van der Waals surface area contributed by atoms with Crippen LogP contribution in [0.15, 0.2) is 60.7 Å². The fraction of sp³-hybridized carbons (Fsp3) is 0.250. The largest absolute Gasteiger partial charge is 0.451 e. The number of anilines is 1. The summed E-state index contributed by atoms with van der Waals surface area (Å²) >= 11 is 0. The lowest BCUT2D eigenvalue weighted by Crippen LogP contribution is -2.48. The highest BCUT2D eigenvalue weighted by atomic mass is 16.5. The summed E-state index contributed by atoms with van der Waals surface area (Å²) in [7, 11) is 1.60. The molecular formula is C20H23N3O4. The average molecular weight is 369 g/mol. The van der Waals surface area contributed by atoms with Crippen LogP contribution in [-0.2, 0) is 20.7 Å². The average Bonchev–Trinajstić information content (AvgIpc) is 2.67. The van der Waals surface area contributed by atoms with Gasteiger partial charge in [-0.15, -0.1) is 0 Å². The predicted molar refractivity (Wildman–Crippen MR) is 102 cm³/mol. The SMILES string of the molecule is C[C@H](OC(=O)[C@H](Cc1ccccc1)NC(N)=O)C(=O)N(C)c1ccccc1. The van der Waals surface area contributed by atoms with Gasteiger partial charge in [0.05, 0.1) is 0 Å². The maximum absolute atomic E-state index is 12.5. The molecule has 7 nitrogen and oxygen atoms in total. The minimum absolute atomic E-state index is 0.206. The number of carbonyl (C=O) groups is 3. The molecule has 142 valence electrons. The summed E-state index contributed by atoms with van der Waals surface area (Å²) in [6.07, 6.45) is -0.812. The number of rotatable bonds is 7. The molecule has 0 aliphatic carbocycles. The zero-order chi connectivity index (χ0) is 19.8. The molecule has 2 aromatic rings. The van der Waals surface area contributed by atoms with Crippen LogP contribution >= 0.6 is 0 Å². The van der Waals surface area contributed by atoms with Crippen molar-refractivity contribution >= 4 is 23.6 Å². The van der Waals surface area contributed by atoms with Crippen LogP contribution in [0, 0.1) is 0 Å². The molecule has 27 heavy (non-hydrogen) atoms. The molecule has 0 bridgehead atoms. The molecule has 3 N–H and O–H groups in total. The van der Waals surface area contributed by atoms with E-state index in [1.807, 2.05) is 48.5 Å². The van der Waals surface area contributed by atoms with Crippen molar-refractivity contribution in [2.75, 3.05) is 11.9 Å². The van der Waals surface area contributed by atoms with Crippen molar-refractivity contribution in [3.05, 3.63) is 66.2 Å². The molecular weight excluding hydrogens is 346 g/mol. The van der Waals surface area contributed by atoms with Crippen molar-refractivity contribution in [3.8, 4) is 0 Å². The quantitative estimate of drug-likeness (QED) is 0.727. The number of primary amides is 1. The van der Waals surface area contributed by atoms with Gasteiger partial charge < -0.3 is 20.7 Å². The number of carbonyl (C=O) groups excluding carboxylic acids is 3. The van der Waals surface area contributed by atoms with Gasteiger partial charge in [-0.05, 0) is 24.6 Å². The molecule has 0 unspecified atom stereocenters. The Morgan fingerprint density at radius 3 is 2.15 bits per heavy atom. The number of nitrogens with two attached hydrogens (primary N) is 1. The lowest BCUT2D eigenvalue weighted by atomic mass is 10.1. The van der Waals surface area contributed by atoms with E-state index in [9.17, 15) is 14.4 Å². The molecule has 0 aliphatic rings. The standard InChI is InChI=1S/C20H23N3O4/c1-14(18(24)23(2)16-11-7-4-8-12-16)27-19(25)17(22-20(21)26)13-15-9-5-3-6-10-15/h3-12,14,17H,13H2,1-2H3,(H3,21,22,26)/t14-,17-/m0/s1. The summed E-state index contributed by atoms with van der Waals surface area (Å²) in [5.74, 6) is -1.10. The van der Waals surface area contributed by atoms with Crippen LogP contribution in [0.2, 0.25) is 0 Å². The maximum Gasteiger partial charge on any atom is 0.329 e. The number of likely N-dealkylation sites (N-methyl/N-ethyl adjacent to an activating group) is 1. The lowest BCUT2D eigenvalue weighted by Gasteiger charge is -2.23. The Kier molecular flexibility index (Phi) is 6.93. The number of urea groups is 1. The summed E-state index contributed by atoms with van der Waals surface area (Å²) in [6.45, 7) is 1.49. The highest BCUT2D eigenvalue weighted by Crippen LogP contribution is 2.14. The number of benzene rings is 2. The monoisotopic (exact) mass is 369 g/mol. The molecule has 0 aromatic heterocycles. The topological polar surface area (TPSA) is 102 Å². The number of ether oxygens (including phenoxy) is 1. The first-order valence-corrected chi connectivity index (χ1v) is 8.51. The Bertz CT molecular complexity index is 780. The zero-order valence-corrected chi connectivity index (χ0v) is 15.3. The van der Waals surface area contributed by atoms with Crippen molar-refractivity contribution in [1.29, 1.82) is 0 Å². The summed E-state index contributed by atoms with van der Waals surface area (Å²) in [5, 5.41) is 2.37. The molecule has 3 amide bonds. The number of nitrogens with zero attached hydrogens (tertiary/aromatic N) is 1. The van der Waals surface area contributed by atoms with E-state index in [0.717, 1.165) is 5.56 Å². The number of nitrogens with one attached hydrogen (secondary N) is 1. The summed E-state index contributed by atoms with van der Waals surface area (Å²) < 4.78 is 5.29. The van der Waals surface area contributed by atoms with Crippen LogP contribution in [0.5, 0.6) is 0 Å². The molecule has 0 spiro atoms. The van der Waals surface area contributed by atoms with Gasteiger partial charge in [0.2, 0.25) is 0 Å². The van der Waals surface area contributed by atoms with Gasteiger partial charge in [0.15, 0.2) is 6.10 Å². The highest BCUT2D eigenvalue weighted by molar-refractivity contribution is 5.97. The minimum Gasteiger partial charge on any atom is -0.451 e. The molecule has 0 heterocycles. The first kappa shape index (κ1) is 20.0. The normalized spacial score (nSPS) is 12.5. The molecule has 2 aromatic carbocycles. The van der Waals surface area contributed by atoms with E-state index >= 15 is 0 Å². The highest BCUT2D eigenvalue weighted by Gasteiger charge is 2.28. The summed E-state index contributed by atoms with van der Waals surface area (Å²) in [4.78, 5) is 37.7. The van der Waals surface area contributed by atoms with Gasteiger partial charge in [-0.3, -0.25) is 4.79 Å². The van der Waals surface area contributed by atoms with Crippen molar-refractivity contribution in [1.82, 2.24) is 5.32 Å². The minimum atomic E-state index is -1.02. The second-order valence-corrected chi connectivity index (χ2v) is 6.06. The Hall–Kier alpha value is -3.35. The summed E-state index contributed by atoms with van der Waals surface area (Å²) in [6, 6.07) is 16.3. The van der Waals surface area contributed by atoms with E-state index in [-0.39, 0.29) is 12.3 Å². The number of hydrogen-bond acceptors (Lipinski definition) is 4. The second kappa shape index (κ2) is 9.38. The Labute approximate surface area is 158 Å². The lowest BCUT2D eigenvalue weighted by molar-refractivity contribution is -0.155. The van der Waals surface area contributed by atoms with Crippen LogP contribution in [-0.4, -0.2) is 37.1 Å². The predicted octanol–water partition coefficient (Wildman–Crippen LogP) is 1.86. The number of amides is 3. The van der Waals surface area contributed by atoms with E-state index < -0.39 is 24.1 Å². The Balaban J connectivity index is 2.04. The first-order valence-electron chi connectivity index (χ1n) is 8.51. The third-order valence-electron chi connectivity index (χ3n) is 4.00. The van der Waals surface area contributed by atoms with Crippen LogP contribution in [0.3, 0.4) is 0 Å². The fourth-order valence-electron chi connectivity index (χ4n) is 2.57. The van der Waals surface area contributed by atoms with Crippen molar-refractivity contribution in [3.63, 3.8) is 0 Å². The van der Waals surface area contributed by atoms with Crippen molar-refractivity contribution in [2.24, 2.45) is 5.73 Å². The van der Waals surface area contributed by atoms with Crippen molar-refractivity contribution < 1.29 is 19.1 Å². The van der Waals surface area contributed by atoms with Crippen LogP contribution in [0.1, 0.15) is 12.5 Å². The van der Waals surface area contributed by atoms with Gasteiger partial charge in [-0.1, -0.05) is 48.5 Å². The Morgan fingerprint density at radius 1 is 1.04 bits per heavy atom. The zero-order valence-electron chi connectivity index (χ0n) is 15.3. The van der Waals surface area contributed by atoms with Gasteiger partial charge in [0.1, 0.15) is 6.04 Å². The molecule has 0 radical (unpaired) electrons. The van der Waals surface area contributed by atoms with Crippen molar-refractivity contribution in [2.45, 2.75) is 25.5 Å². The molecule has 2 atom stereocenters. The van der Waals surface area contributed by atoms with E-state index in [1.165, 1.54) is 11.8 Å². The van der Waals surface area contributed by atoms with Gasteiger partial charge in [0, 0.05) is 19.2 Å². The van der Waals surface area contributed by atoms with Crippen LogP contribution in [0.25, 0.3) is 0 Å². The fourth-order valence-corrected chi connectivity index (χ4v) is 2.57. The number of hydrogen-bond donors (Lipinski definition) is 2.